The fourth-order valence-electron chi connectivity index (χ4n) is 4.26. The Labute approximate surface area is 170 Å². The van der Waals surface area contributed by atoms with Crippen LogP contribution in [-0.4, -0.2) is 40.0 Å². The maximum atomic E-state index is 12.8. The molecular formula is C23H28N4O2. The highest BCUT2D eigenvalue weighted by Gasteiger charge is 2.24. The quantitative estimate of drug-likeness (QED) is 0.649. The number of fused-ring (bicyclic) bond motifs is 2. The highest BCUT2D eigenvalue weighted by molar-refractivity contribution is 5.97. The van der Waals surface area contributed by atoms with Crippen molar-refractivity contribution in [2.75, 3.05) is 19.6 Å². The van der Waals surface area contributed by atoms with E-state index in [0.29, 0.717) is 17.6 Å². The minimum Gasteiger partial charge on any atom is -0.345 e. The third-order valence-electron chi connectivity index (χ3n) is 6.01. The molecule has 0 aliphatic heterocycles. The number of hydrogen-bond acceptors (Lipinski definition) is 3. The largest absolute Gasteiger partial charge is 0.345 e. The van der Waals surface area contributed by atoms with Crippen LogP contribution in [-0.2, 0) is 13.0 Å². The van der Waals surface area contributed by atoms with Crippen LogP contribution in [0.3, 0.4) is 0 Å². The lowest BCUT2D eigenvalue weighted by Crippen LogP contribution is -2.30. The van der Waals surface area contributed by atoms with E-state index in [4.69, 9.17) is 0 Å². The van der Waals surface area contributed by atoms with Crippen LogP contribution >= 0.6 is 0 Å². The van der Waals surface area contributed by atoms with Crippen LogP contribution in [0.25, 0.3) is 11.0 Å². The molecule has 29 heavy (non-hydrogen) atoms. The van der Waals surface area contributed by atoms with E-state index in [0.717, 1.165) is 38.0 Å². The van der Waals surface area contributed by atoms with Gasteiger partial charge in [-0.05, 0) is 55.3 Å². The zero-order valence-electron chi connectivity index (χ0n) is 17.1. The molecule has 1 amide bonds. The number of imidazole rings is 1. The number of likely N-dealkylation sites (N-methyl/N-ethyl adjacent to an activating group) is 1. The van der Waals surface area contributed by atoms with Crippen molar-refractivity contribution in [2.45, 2.75) is 39.3 Å². The molecule has 6 nitrogen and oxygen atoms in total. The summed E-state index contributed by atoms with van der Waals surface area (Å²) in [6.45, 7) is 7.61. The Bertz CT molecular complexity index is 1080. The van der Waals surface area contributed by atoms with E-state index in [1.165, 1.54) is 11.1 Å². The molecule has 0 radical (unpaired) electrons. The van der Waals surface area contributed by atoms with E-state index in [1.807, 2.05) is 18.2 Å². The molecule has 0 saturated carbocycles. The summed E-state index contributed by atoms with van der Waals surface area (Å²) < 4.78 is 1.75. The van der Waals surface area contributed by atoms with Gasteiger partial charge in [0.2, 0.25) is 0 Å². The Morgan fingerprint density at radius 2 is 2.00 bits per heavy atom. The van der Waals surface area contributed by atoms with Crippen LogP contribution < -0.4 is 11.0 Å². The summed E-state index contributed by atoms with van der Waals surface area (Å²) in [5, 5.41) is 3.15. The molecule has 1 aliphatic carbocycles. The average Bonchev–Trinajstić information content (AvgIpc) is 3.28. The number of nitrogens with one attached hydrogen (secondary N) is 2. The molecule has 1 unspecified atom stereocenters. The lowest BCUT2D eigenvalue weighted by molar-refractivity contribution is 0.0937. The van der Waals surface area contributed by atoms with Gasteiger partial charge in [0, 0.05) is 18.7 Å². The van der Waals surface area contributed by atoms with E-state index < -0.39 is 0 Å². The molecule has 1 aliphatic rings. The molecule has 0 saturated heterocycles. The predicted octanol–water partition coefficient (Wildman–Crippen LogP) is 3.09. The van der Waals surface area contributed by atoms with Crippen molar-refractivity contribution in [3.05, 3.63) is 69.6 Å². The number of benzene rings is 2. The average molecular weight is 393 g/mol. The van der Waals surface area contributed by atoms with Gasteiger partial charge in [0.15, 0.2) is 0 Å². The number of aromatic amines is 1. The molecule has 2 N–H and O–H groups in total. The molecule has 1 atom stereocenters. The SMILES string of the molecule is CCN(CC)CCn1c(=O)[nH]c2cc(C(=O)NC3CCc4ccccc43)ccc21. The van der Waals surface area contributed by atoms with E-state index in [-0.39, 0.29) is 17.6 Å². The van der Waals surface area contributed by atoms with Crippen molar-refractivity contribution in [1.82, 2.24) is 19.8 Å². The second-order valence-corrected chi connectivity index (χ2v) is 7.60. The van der Waals surface area contributed by atoms with Crippen molar-refractivity contribution >= 4 is 16.9 Å². The normalized spacial score (nSPS) is 15.8. The number of carbonyl (C=O) groups is 1. The van der Waals surface area contributed by atoms with Gasteiger partial charge < -0.3 is 15.2 Å². The number of aromatic nitrogens is 2. The minimum atomic E-state index is -0.130. The van der Waals surface area contributed by atoms with Crippen LogP contribution in [0.4, 0.5) is 0 Å². The van der Waals surface area contributed by atoms with Crippen molar-refractivity contribution < 1.29 is 4.79 Å². The number of amides is 1. The predicted molar refractivity (Wildman–Crippen MR) is 115 cm³/mol. The Balaban J connectivity index is 1.52. The number of aryl methyl sites for hydroxylation is 1. The first-order valence-corrected chi connectivity index (χ1v) is 10.4. The van der Waals surface area contributed by atoms with Gasteiger partial charge in [-0.3, -0.25) is 9.36 Å². The summed E-state index contributed by atoms with van der Waals surface area (Å²) in [7, 11) is 0. The Morgan fingerprint density at radius 3 is 2.79 bits per heavy atom. The highest BCUT2D eigenvalue weighted by atomic mass is 16.2. The monoisotopic (exact) mass is 392 g/mol. The summed E-state index contributed by atoms with van der Waals surface area (Å²) in [6, 6.07) is 13.8. The van der Waals surface area contributed by atoms with E-state index in [2.05, 4.69) is 41.2 Å². The Hall–Kier alpha value is -2.86. The first kappa shape index (κ1) is 19.5. The van der Waals surface area contributed by atoms with Crippen LogP contribution in [0, 0.1) is 0 Å². The van der Waals surface area contributed by atoms with Crippen LogP contribution in [0.15, 0.2) is 47.3 Å². The molecule has 1 aromatic heterocycles. The third kappa shape index (κ3) is 3.85. The minimum absolute atomic E-state index is 0.0483. The van der Waals surface area contributed by atoms with Crippen LogP contribution in [0.1, 0.15) is 47.8 Å². The Kier molecular flexibility index (Phi) is 5.53. The smallest absolute Gasteiger partial charge is 0.326 e. The summed E-state index contributed by atoms with van der Waals surface area (Å²) in [5.41, 5.74) is 4.49. The zero-order chi connectivity index (χ0) is 20.4. The zero-order valence-corrected chi connectivity index (χ0v) is 17.1. The summed E-state index contributed by atoms with van der Waals surface area (Å²) in [6.07, 6.45) is 1.91. The Morgan fingerprint density at radius 1 is 1.21 bits per heavy atom. The fraction of sp³-hybridized carbons (Fsp3) is 0.391. The van der Waals surface area contributed by atoms with Gasteiger partial charge in [0.1, 0.15) is 0 Å². The van der Waals surface area contributed by atoms with Gasteiger partial charge in [0.25, 0.3) is 5.91 Å². The number of hydrogen-bond donors (Lipinski definition) is 2. The summed E-state index contributed by atoms with van der Waals surface area (Å²) in [4.78, 5) is 30.4. The van der Waals surface area contributed by atoms with Gasteiger partial charge >= 0.3 is 5.69 Å². The van der Waals surface area contributed by atoms with Gasteiger partial charge in [-0.2, -0.15) is 0 Å². The molecule has 4 rings (SSSR count). The molecule has 3 aromatic rings. The van der Waals surface area contributed by atoms with Crippen molar-refractivity contribution in [3.8, 4) is 0 Å². The van der Waals surface area contributed by atoms with E-state index in [9.17, 15) is 9.59 Å². The van der Waals surface area contributed by atoms with Gasteiger partial charge in [-0.25, -0.2) is 4.79 Å². The lowest BCUT2D eigenvalue weighted by atomic mass is 10.1. The summed E-state index contributed by atoms with van der Waals surface area (Å²) >= 11 is 0. The molecule has 0 fully saturated rings. The molecule has 1 heterocycles. The van der Waals surface area contributed by atoms with Crippen LogP contribution in [0.2, 0.25) is 0 Å². The maximum Gasteiger partial charge on any atom is 0.326 e. The highest BCUT2D eigenvalue weighted by Crippen LogP contribution is 2.31. The lowest BCUT2D eigenvalue weighted by Gasteiger charge is -2.18. The number of rotatable bonds is 7. The van der Waals surface area contributed by atoms with Crippen LogP contribution in [0.5, 0.6) is 0 Å². The van der Waals surface area contributed by atoms with Gasteiger partial charge in [-0.15, -0.1) is 0 Å². The number of H-pyrrole nitrogens is 1. The molecule has 152 valence electrons. The first-order valence-electron chi connectivity index (χ1n) is 10.4. The fourth-order valence-corrected chi connectivity index (χ4v) is 4.26. The number of carbonyl (C=O) groups excluding carboxylic acids is 1. The van der Waals surface area contributed by atoms with Crippen molar-refractivity contribution in [2.24, 2.45) is 0 Å². The van der Waals surface area contributed by atoms with E-state index >= 15 is 0 Å². The summed E-state index contributed by atoms with van der Waals surface area (Å²) in [5.74, 6) is -0.106. The second kappa shape index (κ2) is 8.25. The third-order valence-corrected chi connectivity index (χ3v) is 6.01. The van der Waals surface area contributed by atoms with Crippen molar-refractivity contribution in [3.63, 3.8) is 0 Å². The number of nitrogens with zero attached hydrogens (tertiary/aromatic N) is 2. The molecule has 0 spiro atoms. The topological polar surface area (TPSA) is 70.1 Å². The van der Waals surface area contributed by atoms with Gasteiger partial charge in [-0.1, -0.05) is 38.1 Å². The molecule has 2 aromatic carbocycles. The molecular weight excluding hydrogens is 364 g/mol. The molecule has 6 heteroatoms. The maximum absolute atomic E-state index is 12.8. The molecule has 0 bridgehead atoms. The van der Waals surface area contributed by atoms with Gasteiger partial charge in [0.05, 0.1) is 17.1 Å². The van der Waals surface area contributed by atoms with E-state index in [1.54, 1.807) is 16.7 Å². The standard InChI is InChI=1S/C23H28N4O2/c1-3-26(4-2)13-14-27-21-12-10-17(15-20(21)25-23(27)29)22(28)24-19-11-9-16-7-5-6-8-18(16)19/h5-8,10,12,15,19H,3-4,9,11,13-14H2,1-2H3,(H,24,28)(H,25,29). The first-order chi connectivity index (χ1) is 14.1. The van der Waals surface area contributed by atoms with Crippen molar-refractivity contribution in [1.29, 1.82) is 0 Å². The second-order valence-electron chi connectivity index (χ2n) is 7.60.